The molecular weight excluding hydrogens is 560 g/mol. The van der Waals surface area contributed by atoms with Gasteiger partial charge in [0, 0.05) is 37.3 Å². The van der Waals surface area contributed by atoms with Crippen LogP contribution in [0.15, 0.2) is 51.3 Å². The number of allylic oxidation sites excluding steroid dienone is 1. The Morgan fingerprint density at radius 3 is 2.40 bits per heavy atom. The van der Waals surface area contributed by atoms with E-state index in [4.69, 9.17) is 10.2 Å². The standard InChI is InChI=1S/C30H30N4O9/c1-33(2)17-10-16-25(43-29(32-16)13-6-5-12(35)9-18(13)36)20-14(17)7-11-8-15-22(34(3)4)24(38)21(28(31)41)27(40)30(15,42)26(39)19(11)23(20)37/h5-6,9-11,15,22,35-36,38-39,42H,7-8H2,1-4H3,(H2,31,41)/t11-,15-,22-,30-/m0/s1. The topological polar surface area (TPSA) is 211 Å². The Hall–Kier alpha value is -4.88. The van der Waals surface area contributed by atoms with E-state index in [1.54, 1.807) is 39.2 Å². The highest BCUT2D eigenvalue weighted by molar-refractivity contribution is 6.25. The second kappa shape index (κ2) is 9.31. The number of amides is 1. The van der Waals surface area contributed by atoms with Crippen LogP contribution in [0.2, 0.25) is 0 Å². The number of oxazole rings is 1. The minimum Gasteiger partial charge on any atom is -0.510 e. The summed E-state index contributed by atoms with van der Waals surface area (Å²) in [6.45, 7) is 0. The van der Waals surface area contributed by atoms with Gasteiger partial charge in [-0.1, -0.05) is 0 Å². The van der Waals surface area contributed by atoms with Crippen molar-refractivity contribution < 1.29 is 44.3 Å². The molecule has 3 aromatic rings. The summed E-state index contributed by atoms with van der Waals surface area (Å²) in [4.78, 5) is 47.9. The van der Waals surface area contributed by atoms with Gasteiger partial charge < -0.3 is 40.6 Å². The van der Waals surface area contributed by atoms with Crippen molar-refractivity contribution in [1.29, 1.82) is 0 Å². The van der Waals surface area contributed by atoms with E-state index in [2.05, 4.69) is 4.98 Å². The van der Waals surface area contributed by atoms with Gasteiger partial charge in [0.05, 0.1) is 17.2 Å². The summed E-state index contributed by atoms with van der Waals surface area (Å²) >= 11 is 0. The minimum absolute atomic E-state index is 0.0136. The molecule has 3 aliphatic rings. The van der Waals surface area contributed by atoms with Crippen molar-refractivity contribution in [2.45, 2.75) is 24.5 Å². The molecule has 43 heavy (non-hydrogen) atoms. The van der Waals surface area contributed by atoms with Crippen LogP contribution in [0, 0.1) is 11.8 Å². The van der Waals surface area contributed by atoms with Crippen LogP contribution in [0.4, 0.5) is 5.69 Å². The summed E-state index contributed by atoms with van der Waals surface area (Å²) in [7, 11) is 6.75. The summed E-state index contributed by atoms with van der Waals surface area (Å²) < 4.78 is 6.02. The third-order valence-corrected chi connectivity index (χ3v) is 8.77. The van der Waals surface area contributed by atoms with E-state index >= 15 is 0 Å². The van der Waals surface area contributed by atoms with Gasteiger partial charge in [-0.05, 0) is 56.6 Å². The van der Waals surface area contributed by atoms with Gasteiger partial charge in [-0.15, -0.1) is 0 Å². The lowest BCUT2D eigenvalue weighted by Gasteiger charge is -2.50. The molecule has 1 heterocycles. The first-order valence-corrected chi connectivity index (χ1v) is 13.5. The molecule has 13 heteroatoms. The Bertz CT molecular complexity index is 1840. The van der Waals surface area contributed by atoms with E-state index in [0.717, 1.165) is 6.07 Å². The van der Waals surface area contributed by atoms with Crippen LogP contribution >= 0.6 is 0 Å². The third kappa shape index (κ3) is 3.78. The van der Waals surface area contributed by atoms with E-state index in [9.17, 15) is 39.9 Å². The predicted molar refractivity (Wildman–Crippen MR) is 153 cm³/mol. The minimum atomic E-state index is -2.70. The summed E-state index contributed by atoms with van der Waals surface area (Å²) in [5.41, 5.74) is 3.48. The Balaban J connectivity index is 1.59. The largest absolute Gasteiger partial charge is 0.510 e. The molecule has 0 saturated carbocycles. The van der Waals surface area contributed by atoms with Crippen LogP contribution in [-0.2, 0) is 16.0 Å². The summed E-state index contributed by atoms with van der Waals surface area (Å²) in [5, 5.41) is 54.5. The maximum Gasteiger partial charge on any atom is 0.255 e. The average molecular weight is 591 g/mol. The number of nitrogens with zero attached hydrogens (tertiary/aromatic N) is 3. The number of anilines is 1. The summed E-state index contributed by atoms with van der Waals surface area (Å²) in [5.74, 6) is -7.01. The first kappa shape index (κ1) is 28.2. The van der Waals surface area contributed by atoms with E-state index in [-0.39, 0.29) is 58.0 Å². The zero-order valence-corrected chi connectivity index (χ0v) is 23.7. The number of nitrogens with two attached hydrogens (primary N) is 1. The quantitative estimate of drug-likeness (QED) is 0.240. The SMILES string of the molecule is CN(C)c1cc2nc(-c3ccc(O)cc3O)oc2c2c1C[C@H]1C[C@H]3[C@H](N(C)C)C(O)=C(C(N)=O)C(=O)[C@@]3(O)C(O)=C1C2=O. The first-order chi connectivity index (χ1) is 20.2. The molecule has 3 aliphatic carbocycles. The van der Waals surface area contributed by atoms with Gasteiger partial charge in [0.2, 0.25) is 11.7 Å². The fraction of sp³-hybridized carbons (Fsp3) is 0.333. The van der Waals surface area contributed by atoms with Crippen molar-refractivity contribution in [1.82, 2.24) is 9.88 Å². The molecule has 1 amide bonds. The number of Topliss-reactive ketones (excluding diaryl/α,β-unsaturated/α-hetero) is 2. The lowest BCUT2D eigenvalue weighted by Crippen LogP contribution is -2.63. The van der Waals surface area contributed by atoms with Crippen LogP contribution in [-0.4, -0.2) is 92.7 Å². The number of phenolic OH excluding ortho intramolecular Hbond substituents is 2. The maximum atomic E-state index is 14.3. The number of aliphatic hydroxyl groups is 3. The number of likely N-dealkylation sites (N-methyl/N-ethyl adjacent to an activating group) is 1. The molecular formula is C30H30N4O9. The number of primary amides is 1. The molecule has 0 aliphatic heterocycles. The monoisotopic (exact) mass is 590 g/mol. The number of fused-ring (bicyclic) bond motifs is 5. The van der Waals surface area contributed by atoms with Gasteiger partial charge in [-0.3, -0.25) is 19.3 Å². The number of hydrogen-bond acceptors (Lipinski definition) is 12. The van der Waals surface area contributed by atoms with E-state index in [1.807, 2.05) is 0 Å². The second-order valence-corrected chi connectivity index (χ2v) is 11.7. The van der Waals surface area contributed by atoms with Crippen molar-refractivity contribution >= 4 is 34.3 Å². The zero-order valence-electron chi connectivity index (χ0n) is 23.7. The highest BCUT2D eigenvalue weighted by atomic mass is 16.4. The van der Waals surface area contributed by atoms with Gasteiger partial charge >= 0.3 is 0 Å². The van der Waals surface area contributed by atoms with E-state index < -0.39 is 58.0 Å². The van der Waals surface area contributed by atoms with Gasteiger partial charge in [-0.2, -0.15) is 0 Å². The molecule has 0 saturated heterocycles. The van der Waals surface area contributed by atoms with Crippen LogP contribution in [0.1, 0.15) is 22.3 Å². The maximum absolute atomic E-state index is 14.3. The summed E-state index contributed by atoms with van der Waals surface area (Å²) in [6.07, 6.45) is 0.220. The average Bonchev–Trinajstić information content (AvgIpc) is 3.33. The molecule has 0 radical (unpaired) electrons. The van der Waals surface area contributed by atoms with Crippen molar-refractivity contribution in [2.75, 3.05) is 33.1 Å². The van der Waals surface area contributed by atoms with Crippen molar-refractivity contribution in [3.63, 3.8) is 0 Å². The molecule has 13 nitrogen and oxygen atoms in total. The lowest BCUT2D eigenvalue weighted by molar-refractivity contribution is -0.148. The van der Waals surface area contributed by atoms with Gasteiger partial charge in [0.15, 0.2) is 17.0 Å². The third-order valence-electron chi connectivity index (χ3n) is 8.77. The molecule has 4 atom stereocenters. The van der Waals surface area contributed by atoms with Crippen molar-refractivity contribution in [2.24, 2.45) is 17.6 Å². The molecule has 2 aromatic carbocycles. The predicted octanol–water partition coefficient (Wildman–Crippen LogP) is 1.70. The Labute approximate surface area is 244 Å². The molecule has 1 aromatic heterocycles. The number of hydrogen-bond donors (Lipinski definition) is 6. The number of phenols is 2. The summed E-state index contributed by atoms with van der Waals surface area (Å²) in [6, 6.07) is 4.55. The number of aromatic nitrogens is 1. The number of benzene rings is 2. The molecule has 7 N–H and O–H groups in total. The highest BCUT2D eigenvalue weighted by Crippen LogP contribution is 2.53. The molecule has 6 rings (SSSR count). The van der Waals surface area contributed by atoms with Crippen LogP contribution < -0.4 is 10.6 Å². The number of aliphatic hydroxyl groups excluding tert-OH is 2. The molecule has 0 unspecified atom stereocenters. The van der Waals surface area contributed by atoms with Gasteiger partial charge in [0.25, 0.3) is 5.91 Å². The molecule has 0 fully saturated rings. The van der Waals surface area contributed by atoms with Crippen molar-refractivity contribution in [3.05, 3.63) is 58.1 Å². The Morgan fingerprint density at radius 2 is 1.79 bits per heavy atom. The zero-order chi connectivity index (χ0) is 31.3. The molecule has 0 bridgehead atoms. The molecule has 0 spiro atoms. The number of carbonyl (C=O) groups is 3. The van der Waals surface area contributed by atoms with Crippen molar-refractivity contribution in [3.8, 4) is 23.0 Å². The van der Waals surface area contributed by atoms with E-state index in [1.165, 1.54) is 17.0 Å². The second-order valence-electron chi connectivity index (χ2n) is 11.7. The van der Waals surface area contributed by atoms with E-state index in [0.29, 0.717) is 11.3 Å². The smallest absolute Gasteiger partial charge is 0.255 e. The Kier molecular flexibility index (Phi) is 6.12. The van der Waals surface area contributed by atoms with Crippen LogP contribution in [0.3, 0.4) is 0 Å². The number of ketones is 2. The fourth-order valence-electron chi connectivity index (χ4n) is 6.90. The Morgan fingerprint density at radius 1 is 1.09 bits per heavy atom. The number of rotatable bonds is 4. The van der Waals surface area contributed by atoms with Gasteiger partial charge in [-0.25, -0.2) is 4.98 Å². The number of carbonyl (C=O) groups excluding carboxylic acids is 3. The highest BCUT2D eigenvalue weighted by Gasteiger charge is 2.63. The van der Waals surface area contributed by atoms with Crippen LogP contribution in [0.25, 0.3) is 22.6 Å². The number of aromatic hydroxyl groups is 2. The normalized spacial score (nSPS) is 25.2. The molecule has 224 valence electrons. The lowest BCUT2D eigenvalue weighted by atomic mass is 9.58. The van der Waals surface area contributed by atoms with Gasteiger partial charge in [0.1, 0.15) is 34.1 Å². The first-order valence-electron chi connectivity index (χ1n) is 13.5. The fourth-order valence-corrected chi connectivity index (χ4v) is 6.90. The van der Waals surface area contributed by atoms with Crippen LogP contribution in [0.5, 0.6) is 11.5 Å².